The van der Waals surface area contributed by atoms with Crippen LogP contribution in [-0.4, -0.2) is 37.8 Å². The SMILES string of the molecule is CCCOCCCNc1ncc(C(=O)OC)s1. The molecule has 0 radical (unpaired) electrons. The van der Waals surface area contributed by atoms with E-state index in [1.54, 1.807) is 0 Å². The van der Waals surface area contributed by atoms with Crippen molar-refractivity contribution in [3.8, 4) is 0 Å². The molecule has 96 valence electrons. The third-order valence-corrected chi connectivity index (χ3v) is 2.92. The quantitative estimate of drug-likeness (QED) is 0.572. The van der Waals surface area contributed by atoms with E-state index in [2.05, 4.69) is 22.0 Å². The Balaban J connectivity index is 2.19. The number of carbonyl (C=O) groups excluding carboxylic acids is 1. The molecule has 1 rings (SSSR count). The summed E-state index contributed by atoms with van der Waals surface area (Å²) in [6.07, 6.45) is 3.49. The van der Waals surface area contributed by atoms with Gasteiger partial charge in [0.1, 0.15) is 4.88 Å². The number of anilines is 1. The van der Waals surface area contributed by atoms with Crippen LogP contribution in [0.15, 0.2) is 6.20 Å². The van der Waals surface area contributed by atoms with Gasteiger partial charge in [-0.2, -0.15) is 0 Å². The molecule has 17 heavy (non-hydrogen) atoms. The summed E-state index contributed by atoms with van der Waals surface area (Å²) in [5, 5.41) is 3.88. The maximum absolute atomic E-state index is 11.2. The zero-order chi connectivity index (χ0) is 12.5. The van der Waals surface area contributed by atoms with Crippen LogP contribution in [0.5, 0.6) is 0 Å². The molecule has 0 aliphatic heterocycles. The minimum absolute atomic E-state index is 0.346. The van der Waals surface area contributed by atoms with Gasteiger partial charge >= 0.3 is 5.97 Å². The molecule has 0 aliphatic carbocycles. The van der Waals surface area contributed by atoms with Crippen molar-refractivity contribution in [1.29, 1.82) is 0 Å². The average molecular weight is 258 g/mol. The second kappa shape index (κ2) is 8.03. The van der Waals surface area contributed by atoms with Gasteiger partial charge in [-0.15, -0.1) is 0 Å². The van der Waals surface area contributed by atoms with Crippen LogP contribution < -0.4 is 5.32 Å². The van der Waals surface area contributed by atoms with E-state index < -0.39 is 0 Å². The van der Waals surface area contributed by atoms with Crippen LogP contribution in [0.3, 0.4) is 0 Å². The van der Waals surface area contributed by atoms with Gasteiger partial charge in [-0.3, -0.25) is 0 Å². The molecule has 0 fully saturated rings. The second-order valence-corrected chi connectivity index (χ2v) is 4.44. The predicted molar refractivity (Wildman–Crippen MR) is 67.7 cm³/mol. The van der Waals surface area contributed by atoms with Crippen LogP contribution >= 0.6 is 11.3 Å². The van der Waals surface area contributed by atoms with Crippen LogP contribution in [0.25, 0.3) is 0 Å². The van der Waals surface area contributed by atoms with E-state index in [9.17, 15) is 4.79 Å². The monoisotopic (exact) mass is 258 g/mol. The molecule has 1 aromatic rings. The molecule has 0 spiro atoms. The summed E-state index contributed by atoms with van der Waals surface area (Å²) in [5.41, 5.74) is 0. The van der Waals surface area contributed by atoms with Crippen molar-refractivity contribution < 1.29 is 14.3 Å². The lowest BCUT2D eigenvalue weighted by atomic mass is 10.4. The highest BCUT2D eigenvalue weighted by Gasteiger charge is 2.09. The van der Waals surface area contributed by atoms with Crippen molar-refractivity contribution >= 4 is 22.4 Å². The maximum atomic E-state index is 11.2. The molecule has 0 unspecified atom stereocenters. The number of carbonyl (C=O) groups is 1. The second-order valence-electron chi connectivity index (χ2n) is 3.41. The number of nitrogens with one attached hydrogen (secondary N) is 1. The number of nitrogens with zero attached hydrogens (tertiary/aromatic N) is 1. The molecule has 5 nitrogen and oxygen atoms in total. The fourth-order valence-electron chi connectivity index (χ4n) is 1.17. The Labute approximate surface area is 105 Å². The summed E-state index contributed by atoms with van der Waals surface area (Å²) >= 11 is 1.30. The summed E-state index contributed by atoms with van der Waals surface area (Å²) in [7, 11) is 1.36. The number of rotatable bonds is 8. The van der Waals surface area contributed by atoms with Crippen LogP contribution in [0.1, 0.15) is 29.4 Å². The first-order chi connectivity index (χ1) is 8.27. The van der Waals surface area contributed by atoms with Gasteiger partial charge in [0, 0.05) is 19.8 Å². The van der Waals surface area contributed by atoms with E-state index in [0.717, 1.165) is 37.7 Å². The van der Waals surface area contributed by atoms with Crippen molar-refractivity contribution in [3.63, 3.8) is 0 Å². The number of hydrogen-bond donors (Lipinski definition) is 1. The Morgan fingerprint density at radius 2 is 2.35 bits per heavy atom. The van der Waals surface area contributed by atoms with Gasteiger partial charge in [0.05, 0.1) is 13.3 Å². The van der Waals surface area contributed by atoms with Gasteiger partial charge in [0.25, 0.3) is 0 Å². The number of methoxy groups -OCH3 is 1. The number of hydrogen-bond acceptors (Lipinski definition) is 6. The Morgan fingerprint density at radius 3 is 3.06 bits per heavy atom. The minimum atomic E-state index is -0.346. The molecule has 0 atom stereocenters. The Morgan fingerprint density at radius 1 is 1.53 bits per heavy atom. The molecule has 6 heteroatoms. The number of ether oxygens (including phenoxy) is 2. The summed E-state index contributed by atoms with van der Waals surface area (Å²) < 4.78 is 9.95. The van der Waals surface area contributed by atoms with E-state index in [1.807, 2.05) is 0 Å². The zero-order valence-corrected chi connectivity index (χ0v) is 11.0. The summed E-state index contributed by atoms with van der Waals surface area (Å²) in [6.45, 7) is 4.43. The van der Waals surface area contributed by atoms with Gasteiger partial charge < -0.3 is 14.8 Å². The van der Waals surface area contributed by atoms with Crippen molar-refractivity contribution in [2.45, 2.75) is 19.8 Å². The van der Waals surface area contributed by atoms with Crippen LogP contribution in [-0.2, 0) is 9.47 Å². The molecule has 0 aliphatic rings. The molecule has 0 aromatic carbocycles. The lowest BCUT2D eigenvalue weighted by Gasteiger charge is -2.03. The van der Waals surface area contributed by atoms with E-state index in [0.29, 0.717) is 4.88 Å². The first kappa shape index (κ1) is 13.9. The van der Waals surface area contributed by atoms with E-state index in [1.165, 1.54) is 24.6 Å². The molecular weight excluding hydrogens is 240 g/mol. The highest BCUT2D eigenvalue weighted by molar-refractivity contribution is 7.17. The fraction of sp³-hybridized carbons (Fsp3) is 0.636. The lowest BCUT2D eigenvalue weighted by Crippen LogP contribution is -2.05. The molecule has 0 saturated carbocycles. The van der Waals surface area contributed by atoms with Gasteiger partial charge in [-0.25, -0.2) is 9.78 Å². The maximum Gasteiger partial charge on any atom is 0.349 e. The molecular formula is C11H18N2O3S. The number of esters is 1. The van der Waals surface area contributed by atoms with Crippen molar-refractivity contribution in [3.05, 3.63) is 11.1 Å². The molecule has 1 aromatic heterocycles. The molecule has 0 amide bonds. The average Bonchev–Trinajstić information content (AvgIpc) is 2.81. The molecule has 0 saturated heterocycles. The van der Waals surface area contributed by atoms with Gasteiger partial charge in [-0.05, 0) is 12.8 Å². The van der Waals surface area contributed by atoms with Crippen LogP contribution in [0.4, 0.5) is 5.13 Å². The Bertz CT molecular complexity index is 341. The predicted octanol–water partition coefficient (Wildman–Crippen LogP) is 2.16. The summed E-state index contributed by atoms with van der Waals surface area (Å²) in [4.78, 5) is 15.8. The standard InChI is InChI=1S/C11H18N2O3S/c1-3-6-16-7-4-5-12-11-13-8-9(17-11)10(14)15-2/h8H,3-7H2,1-2H3,(H,12,13). The van der Waals surface area contributed by atoms with E-state index >= 15 is 0 Å². The summed E-state index contributed by atoms with van der Waals surface area (Å²) in [5.74, 6) is -0.346. The Hall–Kier alpha value is -1.14. The molecule has 0 bridgehead atoms. The number of thiazole rings is 1. The topological polar surface area (TPSA) is 60.5 Å². The largest absolute Gasteiger partial charge is 0.465 e. The van der Waals surface area contributed by atoms with Crippen molar-refractivity contribution in [2.24, 2.45) is 0 Å². The summed E-state index contributed by atoms with van der Waals surface area (Å²) in [6, 6.07) is 0. The highest BCUT2D eigenvalue weighted by Crippen LogP contribution is 2.18. The van der Waals surface area contributed by atoms with Gasteiger partial charge in [0.15, 0.2) is 5.13 Å². The lowest BCUT2D eigenvalue weighted by molar-refractivity contribution is 0.0606. The molecule has 1 N–H and O–H groups in total. The smallest absolute Gasteiger partial charge is 0.349 e. The Kier molecular flexibility index (Phi) is 6.57. The van der Waals surface area contributed by atoms with Crippen LogP contribution in [0.2, 0.25) is 0 Å². The minimum Gasteiger partial charge on any atom is -0.465 e. The zero-order valence-electron chi connectivity index (χ0n) is 10.2. The first-order valence-corrected chi connectivity index (χ1v) is 6.45. The normalized spacial score (nSPS) is 10.2. The van der Waals surface area contributed by atoms with Gasteiger partial charge in [-0.1, -0.05) is 18.3 Å². The molecule has 1 heterocycles. The van der Waals surface area contributed by atoms with E-state index in [4.69, 9.17) is 4.74 Å². The van der Waals surface area contributed by atoms with Crippen molar-refractivity contribution in [2.75, 3.05) is 32.2 Å². The number of aromatic nitrogens is 1. The highest BCUT2D eigenvalue weighted by atomic mass is 32.1. The van der Waals surface area contributed by atoms with E-state index in [-0.39, 0.29) is 5.97 Å². The van der Waals surface area contributed by atoms with Crippen LogP contribution in [0, 0.1) is 0 Å². The van der Waals surface area contributed by atoms with Gasteiger partial charge in [0.2, 0.25) is 0 Å². The third kappa shape index (κ3) is 5.14. The fourth-order valence-corrected chi connectivity index (χ4v) is 1.93. The third-order valence-electron chi connectivity index (χ3n) is 1.98. The first-order valence-electron chi connectivity index (χ1n) is 5.63. The van der Waals surface area contributed by atoms with Crippen molar-refractivity contribution in [1.82, 2.24) is 4.98 Å².